The Labute approximate surface area is 116 Å². The van der Waals surface area contributed by atoms with Gasteiger partial charge in [-0.05, 0) is 63.1 Å². The van der Waals surface area contributed by atoms with E-state index in [4.69, 9.17) is 5.26 Å². The van der Waals surface area contributed by atoms with Crippen molar-refractivity contribution in [1.82, 2.24) is 10.2 Å². The van der Waals surface area contributed by atoms with Crippen LogP contribution in [0.3, 0.4) is 0 Å². The molecule has 1 heterocycles. The highest BCUT2D eigenvalue weighted by Crippen LogP contribution is 2.36. The van der Waals surface area contributed by atoms with Gasteiger partial charge in [0.15, 0.2) is 0 Å². The summed E-state index contributed by atoms with van der Waals surface area (Å²) in [7, 11) is 2.03. The molecule has 0 radical (unpaired) electrons. The van der Waals surface area contributed by atoms with Crippen LogP contribution in [-0.2, 0) is 0 Å². The number of nitrogens with zero attached hydrogens (tertiary/aromatic N) is 2. The van der Waals surface area contributed by atoms with Crippen molar-refractivity contribution in [2.75, 3.05) is 26.7 Å². The summed E-state index contributed by atoms with van der Waals surface area (Å²) in [4.78, 5) is 2.59. The Balaban J connectivity index is 2.21. The molecule has 3 nitrogen and oxygen atoms in total. The number of hydrogen-bond acceptors (Lipinski definition) is 3. The van der Waals surface area contributed by atoms with E-state index in [9.17, 15) is 0 Å². The van der Waals surface area contributed by atoms with E-state index in [1.807, 2.05) is 19.2 Å². The molecule has 1 aromatic rings. The van der Waals surface area contributed by atoms with Crippen LogP contribution < -0.4 is 5.32 Å². The van der Waals surface area contributed by atoms with Gasteiger partial charge >= 0.3 is 0 Å². The smallest absolute Gasteiger partial charge is 0.0991 e. The quantitative estimate of drug-likeness (QED) is 0.881. The normalized spacial score (nSPS) is 23.4. The highest BCUT2D eigenvalue weighted by molar-refractivity contribution is 5.33. The second-order valence-corrected chi connectivity index (χ2v) is 5.32. The maximum absolute atomic E-state index is 8.90. The van der Waals surface area contributed by atoms with E-state index in [-0.39, 0.29) is 0 Å². The third-order valence-electron chi connectivity index (χ3n) is 3.99. The van der Waals surface area contributed by atoms with Crippen LogP contribution >= 0.6 is 0 Å². The average Bonchev–Trinajstić information content (AvgIpc) is 2.83. The van der Waals surface area contributed by atoms with Crippen LogP contribution in [0.25, 0.3) is 0 Å². The topological polar surface area (TPSA) is 39.1 Å². The van der Waals surface area contributed by atoms with Crippen molar-refractivity contribution < 1.29 is 0 Å². The largest absolute Gasteiger partial charge is 0.319 e. The summed E-state index contributed by atoms with van der Waals surface area (Å²) in [6.45, 7) is 5.64. The third kappa shape index (κ3) is 3.15. The van der Waals surface area contributed by atoms with E-state index in [1.54, 1.807) is 0 Å². The molecule has 19 heavy (non-hydrogen) atoms. The summed E-state index contributed by atoms with van der Waals surface area (Å²) >= 11 is 0. The third-order valence-corrected chi connectivity index (χ3v) is 3.99. The van der Waals surface area contributed by atoms with Gasteiger partial charge in [-0.3, -0.25) is 4.90 Å². The number of hydrogen-bond donors (Lipinski definition) is 1. The summed E-state index contributed by atoms with van der Waals surface area (Å²) in [5.74, 6) is 0.671. The lowest BCUT2D eigenvalue weighted by atomic mass is 9.93. The predicted molar refractivity (Wildman–Crippen MR) is 77.8 cm³/mol. The van der Waals surface area contributed by atoms with Gasteiger partial charge in [-0.25, -0.2) is 0 Å². The zero-order valence-corrected chi connectivity index (χ0v) is 11.9. The first-order chi connectivity index (χ1) is 9.30. The van der Waals surface area contributed by atoms with Gasteiger partial charge in [-0.15, -0.1) is 0 Å². The zero-order chi connectivity index (χ0) is 13.7. The Kier molecular flexibility index (Phi) is 4.95. The molecule has 2 unspecified atom stereocenters. The first-order valence-electron chi connectivity index (χ1n) is 7.18. The summed E-state index contributed by atoms with van der Waals surface area (Å²) in [5, 5.41) is 12.2. The maximum Gasteiger partial charge on any atom is 0.0991 e. The Morgan fingerprint density at radius 1 is 1.37 bits per heavy atom. The van der Waals surface area contributed by atoms with Gasteiger partial charge in [-0.2, -0.15) is 5.26 Å². The molecule has 2 rings (SSSR count). The molecule has 0 amide bonds. The predicted octanol–water partition coefficient (Wildman–Crippen LogP) is 2.55. The lowest BCUT2D eigenvalue weighted by Crippen LogP contribution is -2.29. The van der Waals surface area contributed by atoms with Crippen molar-refractivity contribution >= 4 is 0 Å². The number of nitriles is 1. The summed E-state index contributed by atoms with van der Waals surface area (Å²) in [6.07, 6.45) is 2.45. The number of benzene rings is 1. The van der Waals surface area contributed by atoms with Gasteiger partial charge in [-0.1, -0.05) is 19.1 Å². The van der Waals surface area contributed by atoms with Gasteiger partial charge < -0.3 is 5.32 Å². The lowest BCUT2D eigenvalue weighted by Gasteiger charge is -2.28. The van der Waals surface area contributed by atoms with E-state index in [1.165, 1.54) is 24.9 Å². The molecule has 2 atom stereocenters. The summed E-state index contributed by atoms with van der Waals surface area (Å²) in [6, 6.07) is 10.8. The van der Waals surface area contributed by atoms with E-state index in [0.29, 0.717) is 12.0 Å². The molecule has 0 spiro atoms. The van der Waals surface area contributed by atoms with Crippen LogP contribution in [0, 0.1) is 17.2 Å². The highest BCUT2D eigenvalue weighted by Gasteiger charge is 2.33. The van der Waals surface area contributed by atoms with E-state index in [2.05, 4.69) is 35.3 Å². The summed E-state index contributed by atoms with van der Waals surface area (Å²) < 4.78 is 0. The van der Waals surface area contributed by atoms with E-state index in [0.717, 1.165) is 18.7 Å². The van der Waals surface area contributed by atoms with Gasteiger partial charge in [0.2, 0.25) is 0 Å². The van der Waals surface area contributed by atoms with Crippen molar-refractivity contribution in [3.63, 3.8) is 0 Å². The first-order valence-corrected chi connectivity index (χ1v) is 7.18. The van der Waals surface area contributed by atoms with E-state index >= 15 is 0 Å². The monoisotopic (exact) mass is 257 g/mol. The molecular formula is C16H23N3. The van der Waals surface area contributed by atoms with Crippen LogP contribution in [0.15, 0.2) is 24.3 Å². The van der Waals surface area contributed by atoms with Crippen LogP contribution in [0.5, 0.6) is 0 Å². The minimum Gasteiger partial charge on any atom is -0.319 e. The fourth-order valence-electron chi connectivity index (χ4n) is 3.18. The first kappa shape index (κ1) is 14.0. The molecule has 0 aliphatic carbocycles. The molecule has 3 heteroatoms. The van der Waals surface area contributed by atoms with Crippen LogP contribution in [0.2, 0.25) is 0 Å². The van der Waals surface area contributed by atoms with Crippen LogP contribution in [0.1, 0.15) is 36.9 Å². The molecule has 1 aromatic carbocycles. The molecule has 102 valence electrons. The second-order valence-electron chi connectivity index (χ2n) is 5.32. The molecule has 0 bridgehead atoms. The molecule has 1 N–H and O–H groups in total. The van der Waals surface area contributed by atoms with Crippen LogP contribution in [-0.4, -0.2) is 31.6 Å². The molecule has 1 saturated heterocycles. The fraction of sp³-hybridized carbons (Fsp3) is 0.562. The van der Waals surface area contributed by atoms with Crippen molar-refractivity contribution in [3.8, 4) is 6.07 Å². The minimum atomic E-state index is 0.500. The maximum atomic E-state index is 8.90. The van der Waals surface area contributed by atoms with Crippen molar-refractivity contribution in [1.29, 1.82) is 5.26 Å². The Morgan fingerprint density at radius 2 is 2.11 bits per heavy atom. The Bertz CT molecular complexity index is 418. The number of nitrogens with one attached hydrogen (secondary N) is 1. The Morgan fingerprint density at radius 3 is 2.68 bits per heavy atom. The highest BCUT2D eigenvalue weighted by atomic mass is 15.2. The molecule has 1 aliphatic heterocycles. The number of rotatable bonds is 5. The molecule has 0 saturated carbocycles. The molecule has 1 fully saturated rings. The van der Waals surface area contributed by atoms with Gasteiger partial charge in [0, 0.05) is 6.04 Å². The molecule has 0 aromatic heterocycles. The SMILES string of the molecule is CCCN1CCC(CNC)C1c1ccc(C#N)cc1. The van der Waals surface area contributed by atoms with E-state index < -0.39 is 0 Å². The van der Waals surface area contributed by atoms with Crippen molar-refractivity contribution in [2.45, 2.75) is 25.8 Å². The lowest BCUT2D eigenvalue weighted by molar-refractivity contribution is 0.227. The molecular weight excluding hydrogens is 234 g/mol. The Hall–Kier alpha value is -1.37. The number of likely N-dealkylation sites (tertiary alicyclic amines) is 1. The minimum absolute atomic E-state index is 0.500. The van der Waals surface area contributed by atoms with Crippen molar-refractivity contribution in [2.24, 2.45) is 5.92 Å². The van der Waals surface area contributed by atoms with Crippen LogP contribution in [0.4, 0.5) is 0 Å². The summed E-state index contributed by atoms with van der Waals surface area (Å²) in [5.41, 5.74) is 2.10. The standard InChI is InChI=1S/C16H23N3/c1-3-9-19-10-8-15(12-18-2)16(19)14-6-4-13(11-17)5-7-14/h4-7,15-16,18H,3,8-10,12H2,1-2H3. The fourth-order valence-corrected chi connectivity index (χ4v) is 3.18. The van der Waals surface area contributed by atoms with Gasteiger partial charge in [0.1, 0.15) is 0 Å². The van der Waals surface area contributed by atoms with Gasteiger partial charge in [0.05, 0.1) is 11.6 Å². The molecule has 1 aliphatic rings. The second kappa shape index (κ2) is 6.70. The van der Waals surface area contributed by atoms with Gasteiger partial charge in [0.25, 0.3) is 0 Å². The average molecular weight is 257 g/mol. The zero-order valence-electron chi connectivity index (χ0n) is 11.9. The van der Waals surface area contributed by atoms with Crippen molar-refractivity contribution in [3.05, 3.63) is 35.4 Å².